The van der Waals surface area contributed by atoms with Crippen molar-refractivity contribution in [3.63, 3.8) is 0 Å². The summed E-state index contributed by atoms with van der Waals surface area (Å²) in [6.07, 6.45) is 2.38. The number of imidazole rings is 1. The lowest BCUT2D eigenvalue weighted by Crippen LogP contribution is -2.29. The van der Waals surface area contributed by atoms with E-state index in [1.54, 1.807) is 29.7 Å². The molecule has 1 atom stereocenters. The fourth-order valence-electron chi connectivity index (χ4n) is 4.24. The van der Waals surface area contributed by atoms with Gasteiger partial charge in [-0.2, -0.15) is 0 Å². The second kappa shape index (κ2) is 10.8. The van der Waals surface area contributed by atoms with Crippen molar-refractivity contribution >= 4 is 23.1 Å². The molecule has 0 saturated heterocycles. The molecule has 2 aromatic heterocycles. The van der Waals surface area contributed by atoms with Crippen LogP contribution in [0.4, 0.5) is 14.5 Å². The number of amides is 2. The van der Waals surface area contributed by atoms with Crippen LogP contribution < -0.4 is 15.4 Å². The molecule has 7 nitrogen and oxygen atoms in total. The Balaban J connectivity index is 1.63. The molecule has 2 heterocycles. The maximum Gasteiger partial charge on any atom is 0.270 e. The van der Waals surface area contributed by atoms with Crippen molar-refractivity contribution in [2.75, 3.05) is 5.32 Å². The highest BCUT2D eigenvalue weighted by Gasteiger charge is 2.23. The summed E-state index contributed by atoms with van der Waals surface area (Å²) in [5.41, 5.74) is 3.26. The zero-order chi connectivity index (χ0) is 26.7. The minimum atomic E-state index is -0.698. The molecule has 0 radical (unpaired) electrons. The number of anilines is 1. The van der Waals surface area contributed by atoms with Gasteiger partial charge in [0.1, 0.15) is 23.9 Å². The SMILES string of the molecule is CCC(NC(=O)c1c(C)nc2c(OCc3c(F)cccc3F)cc(C)cn12)c1cccc(NC(C)=O)c1. The van der Waals surface area contributed by atoms with E-state index in [2.05, 4.69) is 15.6 Å². The largest absolute Gasteiger partial charge is 0.485 e. The number of benzene rings is 2. The Bertz CT molecular complexity index is 1460. The lowest BCUT2D eigenvalue weighted by Gasteiger charge is -2.19. The number of hydrogen-bond acceptors (Lipinski definition) is 4. The molecule has 2 aromatic carbocycles. The highest BCUT2D eigenvalue weighted by molar-refractivity contribution is 5.95. The Labute approximate surface area is 213 Å². The first-order valence-corrected chi connectivity index (χ1v) is 11.9. The topological polar surface area (TPSA) is 84.7 Å². The maximum atomic E-state index is 14.1. The average molecular weight is 507 g/mol. The van der Waals surface area contributed by atoms with Crippen LogP contribution in [0.1, 0.15) is 59.2 Å². The molecule has 9 heteroatoms. The van der Waals surface area contributed by atoms with Crippen molar-refractivity contribution in [1.82, 2.24) is 14.7 Å². The number of fused-ring (bicyclic) bond motifs is 1. The first kappa shape index (κ1) is 25.8. The molecule has 2 amide bonds. The average Bonchev–Trinajstić information content (AvgIpc) is 3.17. The Morgan fingerprint density at radius 2 is 1.78 bits per heavy atom. The van der Waals surface area contributed by atoms with Crippen LogP contribution in [0.5, 0.6) is 5.75 Å². The molecule has 0 bridgehead atoms. The normalized spacial score (nSPS) is 11.8. The van der Waals surface area contributed by atoms with Gasteiger partial charge in [0.25, 0.3) is 5.91 Å². The van der Waals surface area contributed by atoms with E-state index in [1.165, 1.54) is 25.1 Å². The van der Waals surface area contributed by atoms with Gasteiger partial charge in [-0.15, -0.1) is 0 Å². The molecule has 1 unspecified atom stereocenters. The number of aryl methyl sites for hydroxylation is 2. The zero-order valence-electron chi connectivity index (χ0n) is 21.1. The summed E-state index contributed by atoms with van der Waals surface area (Å²) in [7, 11) is 0. The van der Waals surface area contributed by atoms with E-state index in [1.807, 2.05) is 32.0 Å². The first-order chi connectivity index (χ1) is 17.7. The number of nitrogens with one attached hydrogen (secondary N) is 2. The van der Waals surface area contributed by atoms with E-state index in [0.29, 0.717) is 34.9 Å². The molecule has 4 rings (SSSR count). The summed E-state index contributed by atoms with van der Waals surface area (Å²) in [6, 6.07) is 12.4. The molecular weight excluding hydrogens is 478 g/mol. The Kier molecular flexibility index (Phi) is 7.52. The summed E-state index contributed by atoms with van der Waals surface area (Å²) in [6.45, 7) is 6.61. The molecular formula is C28H28F2N4O3. The predicted octanol–water partition coefficient (Wildman–Crippen LogP) is 5.65. The Morgan fingerprint density at radius 1 is 1.08 bits per heavy atom. The van der Waals surface area contributed by atoms with Gasteiger partial charge in [-0.25, -0.2) is 13.8 Å². The number of pyridine rings is 1. The van der Waals surface area contributed by atoms with Crippen molar-refractivity contribution in [3.8, 4) is 5.75 Å². The van der Waals surface area contributed by atoms with E-state index in [-0.39, 0.29) is 30.0 Å². The van der Waals surface area contributed by atoms with Crippen LogP contribution in [0, 0.1) is 25.5 Å². The number of halogens is 2. The highest BCUT2D eigenvalue weighted by atomic mass is 19.1. The third-order valence-electron chi connectivity index (χ3n) is 5.97. The summed E-state index contributed by atoms with van der Waals surface area (Å²) in [4.78, 5) is 29.4. The number of nitrogens with zero attached hydrogens (tertiary/aromatic N) is 2. The van der Waals surface area contributed by atoms with Crippen molar-refractivity contribution in [2.45, 2.75) is 46.8 Å². The molecule has 4 aromatic rings. The van der Waals surface area contributed by atoms with E-state index >= 15 is 0 Å². The van der Waals surface area contributed by atoms with Gasteiger partial charge >= 0.3 is 0 Å². The smallest absolute Gasteiger partial charge is 0.270 e. The number of ether oxygens (including phenoxy) is 1. The molecule has 0 aliphatic heterocycles. The third-order valence-corrected chi connectivity index (χ3v) is 5.97. The lowest BCUT2D eigenvalue weighted by atomic mass is 10.0. The standard InChI is InChI=1S/C28H28F2N4O3/c1-5-24(19-8-6-9-20(13-19)32-18(4)35)33-28(36)26-17(3)31-27-25(12-16(2)14-34(26)27)37-15-21-22(29)10-7-11-23(21)30/h6-14,24H,5,15H2,1-4H3,(H,32,35)(H,33,36). The Morgan fingerprint density at radius 3 is 2.46 bits per heavy atom. The van der Waals surface area contributed by atoms with Gasteiger partial charge < -0.3 is 15.4 Å². The number of rotatable bonds is 8. The van der Waals surface area contributed by atoms with Gasteiger partial charge in [-0.1, -0.05) is 25.1 Å². The predicted molar refractivity (Wildman–Crippen MR) is 137 cm³/mol. The monoisotopic (exact) mass is 506 g/mol. The van der Waals surface area contributed by atoms with Gasteiger partial charge in [0.2, 0.25) is 5.91 Å². The molecule has 0 aliphatic rings. The van der Waals surface area contributed by atoms with E-state index in [0.717, 1.165) is 11.1 Å². The Hall–Kier alpha value is -4.27. The van der Waals surface area contributed by atoms with Crippen molar-refractivity contribution in [2.24, 2.45) is 0 Å². The zero-order valence-corrected chi connectivity index (χ0v) is 21.1. The van der Waals surface area contributed by atoms with Crippen LogP contribution in [0.25, 0.3) is 5.65 Å². The van der Waals surface area contributed by atoms with E-state index in [4.69, 9.17) is 4.74 Å². The van der Waals surface area contributed by atoms with Crippen LogP contribution in [0.2, 0.25) is 0 Å². The van der Waals surface area contributed by atoms with Crippen molar-refractivity contribution in [1.29, 1.82) is 0 Å². The molecule has 0 fully saturated rings. The highest BCUT2D eigenvalue weighted by Crippen LogP contribution is 2.27. The van der Waals surface area contributed by atoms with Crippen molar-refractivity contribution < 1.29 is 23.1 Å². The van der Waals surface area contributed by atoms with E-state index < -0.39 is 11.6 Å². The summed E-state index contributed by atoms with van der Waals surface area (Å²) < 4.78 is 35.6. The van der Waals surface area contributed by atoms with Gasteiger partial charge in [0.15, 0.2) is 11.4 Å². The van der Waals surface area contributed by atoms with Crippen LogP contribution in [-0.2, 0) is 11.4 Å². The third kappa shape index (κ3) is 5.61. The molecule has 0 spiro atoms. The van der Waals surface area contributed by atoms with Crippen LogP contribution in [0.3, 0.4) is 0 Å². The van der Waals surface area contributed by atoms with E-state index in [9.17, 15) is 18.4 Å². The quantitative estimate of drug-likeness (QED) is 0.324. The number of aromatic nitrogens is 2. The van der Waals surface area contributed by atoms with Crippen LogP contribution in [0.15, 0.2) is 54.7 Å². The summed E-state index contributed by atoms with van der Waals surface area (Å²) in [5.74, 6) is -1.60. The molecule has 2 N–H and O–H groups in total. The molecule has 192 valence electrons. The maximum absolute atomic E-state index is 14.1. The fraction of sp³-hybridized carbons (Fsp3) is 0.250. The van der Waals surface area contributed by atoms with Crippen molar-refractivity contribution in [3.05, 3.63) is 94.4 Å². The molecule has 37 heavy (non-hydrogen) atoms. The summed E-state index contributed by atoms with van der Waals surface area (Å²) >= 11 is 0. The van der Waals surface area contributed by atoms with Gasteiger partial charge in [0.05, 0.1) is 17.3 Å². The second-order valence-corrected chi connectivity index (χ2v) is 8.85. The number of carbonyl (C=O) groups is 2. The van der Waals surface area contributed by atoms with Gasteiger partial charge in [0, 0.05) is 18.8 Å². The lowest BCUT2D eigenvalue weighted by molar-refractivity contribution is -0.114. The van der Waals surface area contributed by atoms with Crippen LogP contribution >= 0.6 is 0 Å². The summed E-state index contributed by atoms with van der Waals surface area (Å²) in [5, 5.41) is 5.81. The minimum absolute atomic E-state index is 0.179. The fourth-order valence-corrected chi connectivity index (χ4v) is 4.24. The van der Waals surface area contributed by atoms with Gasteiger partial charge in [-0.05, 0) is 61.7 Å². The molecule has 0 aliphatic carbocycles. The molecule has 0 saturated carbocycles. The number of carbonyl (C=O) groups excluding carboxylic acids is 2. The first-order valence-electron chi connectivity index (χ1n) is 11.9. The minimum Gasteiger partial charge on any atom is -0.485 e. The van der Waals surface area contributed by atoms with Gasteiger partial charge in [-0.3, -0.25) is 14.0 Å². The second-order valence-electron chi connectivity index (χ2n) is 8.85. The van der Waals surface area contributed by atoms with Crippen LogP contribution in [-0.4, -0.2) is 21.2 Å². The number of hydrogen-bond donors (Lipinski definition) is 2.